The Labute approximate surface area is 172 Å². The number of benzene rings is 2. The fourth-order valence-corrected chi connectivity index (χ4v) is 4.39. The van der Waals surface area contributed by atoms with Gasteiger partial charge in [-0.1, -0.05) is 42.0 Å². The molecule has 2 aromatic carbocycles. The molecule has 4 rings (SSSR count). The summed E-state index contributed by atoms with van der Waals surface area (Å²) in [6.07, 6.45) is 4.17. The predicted molar refractivity (Wildman–Crippen MR) is 115 cm³/mol. The molecule has 2 heterocycles. The van der Waals surface area contributed by atoms with Gasteiger partial charge < -0.3 is 10.2 Å². The van der Waals surface area contributed by atoms with Crippen molar-refractivity contribution in [3.05, 3.63) is 65.2 Å². The summed E-state index contributed by atoms with van der Waals surface area (Å²) in [5.74, 6) is 0.0599. The van der Waals surface area contributed by atoms with Gasteiger partial charge in [0.2, 0.25) is 11.8 Å². The maximum Gasteiger partial charge on any atom is 0.244 e. The summed E-state index contributed by atoms with van der Waals surface area (Å²) in [7, 11) is 0. The van der Waals surface area contributed by atoms with Crippen molar-refractivity contribution in [1.29, 1.82) is 0 Å². The highest BCUT2D eigenvalue weighted by Crippen LogP contribution is 2.32. The molecule has 5 heteroatoms. The lowest BCUT2D eigenvalue weighted by Gasteiger charge is -2.39. The number of nitrogens with zero attached hydrogens (tertiary/aromatic N) is 2. The van der Waals surface area contributed by atoms with E-state index in [-0.39, 0.29) is 24.4 Å². The minimum atomic E-state index is -0.373. The highest BCUT2D eigenvalue weighted by Gasteiger charge is 2.36. The highest BCUT2D eigenvalue weighted by atomic mass is 16.2. The Bertz CT molecular complexity index is 872. The van der Waals surface area contributed by atoms with Crippen molar-refractivity contribution in [2.24, 2.45) is 0 Å². The van der Waals surface area contributed by atoms with Crippen LogP contribution in [-0.4, -0.2) is 47.8 Å². The van der Waals surface area contributed by atoms with Crippen LogP contribution in [0.4, 0.5) is 5.69 Å². The molecule has 2 aromatic rings. The fraction of sp³-hybridized carbons (Fsp3) is 0.417. The van der Waals surface area contributed by atoms with E-state index in [9.17, 15) is 9.59 Å². The van der Waals surface area contributed by atoms with E-state index >= 15 is 0 Å². The number of rotatable bonds is 4. The second-order valence-electron chi connectivity index (χ2n) is 8.12. The fourth-order valence-electron chi connectivity index (χ4n) is 4.39. The molecule has 0 saturated carbocycles. The topological polar surface area (TPSA) is 52.7 Å². The maximum absolute atomic E-state index is 13.5. The van der Waals surface area contributed by atoms with Gasteiger partial charge >= 0.3 is 0 Å². The van der Waals surface area contributed by atoms with Gasteiger partial charge in [0.1, 0.15) is 6.04 Å². The molecule has 2 amide bonds. The molecule has 1 unspecified atom stereocenters. The minimum absolute atomic E-state index is 0.0790. The summed E-state index contributed by atoms with van der Waals surface area (Å²) in [6, 6.07) is 15.6. The number of amides is 2. The lowest BCUT2D eigenvalue weighted by atomic mass is 9.91. The second kappa shape index (κ2) is 8.78. The van der Waals surface area contributed by atoms with Crippen LogP contribution in [0.25, 0.3) is 0 Å². The van der Waals surface area contributed by atoms with Gasteiger partial charge in [0.05, 0.1) is 6.54 Å². The second-order valence-corrected chi connectivity index (χ2v) is 8.12. The molecule has 0 aromatic heterocycles. The van der Waals surface area contributed by atoms with Crippen molar-refractivity contribution in [3.8, 4) is 0 Å². The van der Waals surface area contributed by atoms with E-state index in [1.54, 1.807) is 0 Å². The van der Waals surface area contributed by atoms with Gasteiger partial charge in [0, 0.05) is 25.3 Å². The molecular weight excluding hydrogens is 362 g/mol. The van der Waals surface area contributed by atoms with Gasteiger partial charge in [-0.25, -0.2) is 0 Å². The van der Waals surface area contributed by atoms with E-state index in [4.69, 9.17) is 0 Å². The number of fused-ring (bicyclic) bond motifs is 1. The number of aryl methyl sites for hydroxylation is 1. The molecule has 2 aliphatic rings. The van der Waals surface area contributed by atoms with Crippen LogP contribution >= 0.6 is 0 Å². The van der Waals surface area contributed by atoms with Gasteiger partial charge in [0.25, 0.3) is 0 Å². The number of anilines is 1. The highest BCUT2D eigenvalue weighted by molar-refractivity contribution is 5.93. The Kier molecular flexibility index (Phi) is 5.95. The Morgan fingerprint density at radius 2 is 1.69 bits per heavy atom. The van der Waals surface area contributed by atoms with E-state index < -0.39 is 0 Å². The molecule has 152 valence electrons. The molecule has 1 atom stereocenters. The van der Waals surface area contributed by atoms with E-state index in [2.05, 4.69) is 11.4 Å². The van der Waals surface area contributed by atoms with E-state index in [1.165, 1.54) is 12.0 Å². The first-order valence-electron chi connectivity index (χ1n) is 10.6. The summed E-state index contributed by atoms with van der Waals surface area (Å²) < 4.78 is 0. The van der Waals surface area contributed by atoms with Gasteiger partial charge in [-0.15, -0.1) is 0 Å². The Hall–Kier alpha value is -2.66. The first-order valence-corrected chi connectivity index (χ1v) is 10.6. The number of hydrogen-bond acceptors (Lipinski definition) is 3. The van der Waals surface area contributed by atoms with Gasteiger partial charge in [-0.3, -0.25) is 14.5 Å². The zero-order valence-corrected chi connectivity index (χ0v) is 17.1. The zero-order valence-electron chi connectivity index (χ0n) is 17.1. The first-order chi connectivity index (χ1) is 14.1. The van der Waals surface area contributed by atoms with Gasteiger partial charge in [-0.2, -0.15) is 0 Å². The van der Waals surface area contributed by atoms with Crippen molar-refractivity contribution < 1.29 is 9.59 Å². The van der Waals surface area contributed by atoms with Crippen LogP contribution in [-0.2, 0) is 16.0 Å². The summed E-state index contributed by atoms with van der Waals surface area (Å²) in [5.41, 5.74) is 4.22. The Morgan fingerprint density at radius 1 is 0.966 bits per heavy atom. The molecule has 0 radical (unpaired) electrons. The SMILES string of the molecule is Cc1ccc(NC(=O)CN2CCc3ccccc3C2C(=O)N2CCCCC2)cc1. The molecule has 29 heavy (non-hydrogen) atoms. The van der Waals surface area contributed by atoms with Crippen LogP contribution in [0.2, 0.25) is 0 Å². The summed E-state index contributed by atoms with van der Waals surface area (Å²) in [5, 5.41) is 2.97. The third kappa shape index (κ3) is 4.51. The van der Waals surface area contributed by atoms with E-state index in [0.29, 0.717) is 6.54 Å². The average molecular weight is 392 g/mol. The number of piperidine rings is 1. The number of hydrogen-bond donors (Lipinski definition) is 1. The smallest absolute Gasteiger partial charge is 0.244 e. The summed E-state index contributed by atoms with van der Waals surface area (Å²) in [4.78, 5) is 30.2. The lowest BCUT2D eigenvalue weighted by molar-refractivity contribution is -0.139. The monoisotopic (exact) mass is 391 g/mol. The number of carbonyl (C=O) groups excluding carboxylic acids is 2. The number of likely N-dealkylation sites (tertiary alicyclic amines) is 1. The minimum Gasteiger partial charge on any atom is -0.341 e. The van der Waals surface area contributed by atoms with Crippen molar-refractivity contribution >= 4 is 17.5 Å². The van der Waals surface area contributed by atoms with Crippen molar-refractivity contribution in [1.82, 2.24) is 9.80 Å². The molecule has 0 aliphatic carbocycles. The molecule has 1 N–H and O–H groups in total. The molecule has 2 aliphatic heterocycles. The Balaban J connectivity index is 1.53. The van der Waals surface area contributed by atoms with Crippen molar-refractivity contribution in [2.75, 3.05) is 31.5 Å². The third-order valence-electron chi connectivity index (χ3n) is 5.97. The number of carbonyl (C=O) groups is 2. The normalized spacial score (nSPS) is 19.5. The lowest BCUT2D eigenvalue weighted by Crippen LogP contribution is -2.49. The first kappa shape index (κ1) is 19.6. The molecule has 0 bridgehead atoms. The summed E-state index contributed by atoms with van der Waals surface area (Å²) >= 11 is 0. The number of nitrogens with one attached hydrogen (secondary N) is 1. The zero-order chi connectivity index (χ0) is 20.2. The van der Waals surface area contributed by atoms with E-state index in [1.807, 2.05) is 59.2 Å². The van der Waals surface area contributed by atoms with Crippen LogP contribution in [0.1, 0.15) is 42.0 Å². The molecular formula is C24H29N3O2. The Morgan fingerprint density at radius 3 is 2.45 bits per heavy atom. The van der Waals surface area contributed by atoms with Gasteiger partial charge in [-0.05, 0) is 55.9 Å². The maximum atomic E-state index is 13.5. The van der Waals surface area contributed by atoms with Crippen molar-refractivity contribution in [3.63, 3.8) is 0 Å². The molecule has 1 saturated heterocycles. The van der Waals surface area contributed by atoms with E-state index in [0.717, 1.165) is 49.2 Å². The molecule has 1 fully saturated rings. The quantitative estimate of drug-likeness (QED) is 0.867. The van der Waals surface area contributed by atoms with Crippen LogP contribution < -0.4 is 5.32 Å². The third-order valence-corrected chi connectivity index (χ3v) is 5.97. The van der Waals surface area contributed by atoms with Crippen LogP contribution in [0.3, 0.4) is 0 Å². The predicted octanol–water partition coefficient (Wildman–Crippen LogP) is 3.55. The standard InChI is InChI=1S/C24H29N3O2/c1-18-9-11-20(12-10-18)25-22(28)17-27-16-13-19-7-3-4-8-21(19)23(27)24(29)26-14-5-2-6-15-26/h3-4,7-12,23H,2,5-6,13-17H2,1H3,(H,25,28). The molecule has 0 spiro atoms. The largest absolute Gasteiger partial charge is 0.341 e. The average Bonchev–Trinajstić information content (AvgIpc) is 2.75. The van der Waals surface area contributed by atoms with Gasteiger partial charge in [0.15, 0.2) is 0 Å². The van der Waals surface area contributed by atoms with Crippen LogP contribution in [0.5, 0.6) is 0 Å². The van der Waals surface area contributed by atoms with Crippen LogP contribution in [0, 0.1) is 6.92 Å². The molecule has 5 nitrogen and oxygen atoms in total. The van der Waals surface area contributed by atoms with Crippen LogP contribution in [0.15, 0.2) is 48.5 Å². The van der Waals surface area contributed by atoms with Crippen molar-refractivity contribution in [2.45, 2.75) is 38.6 Å². The summed E-state index contributed by atoms with van der Waals surface area (Å²) in [6.45, 7) is 4.59.